The van der Waals surface area contributed by atoms with E-state index in [1.54, 1.807) is 33.4 Å². The average molecular weight is 986 g/mol. The number of para-hydroxylation sites is 4. The number of hydrogen-bond acceptors (Lipinski definition) is 2. The van der Waals surface area contributed by atoms with Crippen molar-refractivity contribution in [2.45, 2.75) is 5.41 Å². The maximum atomic E-state index is 9.02. The number of nitrogens with zero attached hydrogens (tertiary/aromatic N) is 4. The Bertz CT molecular complexity index is 3900. The van der Waals surface area contributed by atoms with Crippen LogP contribution in [0.25, 0.3) is 72.3 Å². The van der Waals surface area contributed by atoms with Crippen molar-refractivity contribution in [1.82, 2.24) is 14.1 Å². The number of hydrogen-bond donors (Lipinski definition) is 0. The van der Waals surface area contributed by atoms with Crippen molar-refractivity contribution in [1.29, 1.82) is 0 Å². The maximum absolute atomic E-state index is 9.02. The van der Waals surface area contributed by atoms with Gasteiger partial charge in [-0.1, -0.05) is 127 Å². The predicted octanol–water partition coefficient (Wildman–Crippen LogP) is 11.5. The molecule has 6 heteroatoms. The minimum Gasteiger partial charge on any atom is -0.510 e. The van der Waals surface area contributed by atoms with Crippen molar-refractivity contribution >= 4 is 32.8 Å². The molecule has 0 spiro atoms. The van der Waals surface area contributed by atoms with Gasteiger partial charge in [-0.2, -0.15) is 18.2 Å². The van der Waals surface area contributed by atoms with Gasteiger partial charge in [0, 0.05) is 49.7 Å². The van der Waals surface area contributed by atoms with Gasteiger partial charge in [0.1, 0.15) is 5.82 Å². The summed E-state index contributed by atoms with van der Waals surface area (Å²) >= 11 is 0. The molecule has 0 unspecified atom stereocenters. The molecule has 6 saturated carbocycles. The monoisotopic (exact) mass is 985 g/mol. The Morgan fingerprint density at radius 3 is 2.03 bits per heavy atom. The zero-order valence-corrected chi connectivity index (χ0v) is 34.8. The summed E-state index contributed by atoms with van der Waals surface area (Å²) in [6, 6.07) is 36.3. The van der Waals surface area contributed by atoms with Crippen LogP contribution in [0.15, 0.2) is 176 Å². The van der Waals surface area contributed by atoms with Crippen LogP contribution in [-0.2, 0) is 26.5 Å². The standard InChI is InChI=1S/C56H36N4O.Pt/c1-3-13-33(14-4-1)39-20-12-21-40(34-15-5-2-6-16-34)55(39)59-32-58(44-23-9-10-24-45(44)59)36-17-11-18-37(30-36)61-38-25-26-42-41-19-7-8-22-43(41)60(46(42)31-38)47-29-35(27-28-57-47)56-52-49-48-50(52)54(56)51(48)53(49)56;/h1-29,48-54H;/q-2;/i1D,2D,3D,4D,5D,6D,13D,14D,15D,16D;. The Labute approximate surface area is 387 Å². The summed E-state index contributed by atoms with van der Waals surface area (Å²) in [6.45, 7) is 0. The second kappa shape index (κ2) is 12.5. The first-order chi connectivity index (χ1) is 34.4. The van der Waals surface area contributed by atoms with Gasteiger partial charge >= 0.3 is 0 Å². The van der Waals surface area contributed by atoms with Gasteiger partial charge in [0.05, 0.1) is 30.4 Å². The van der Waals surface area contributed by atoms with E-state index in [0.717, 1.165) is 69.0 Å². The van der Waals surface area contributed by atoms with E-state index in [0.29, 0.717) is 33.6 Å². The molecule has 0 bridgehead atoms. The van der Waals surface area contributed by atoms with Crippen molar-refractivity contribution in [2.75, 3.05) is 0 Å². The van der Waals surface area contributed by atoms with E-state index in [4.69, 9.17) is 23.4 Å². The molecule has 0 aliphatic heterocycles. The average Bonchev–Trinajstić information content (AvgIpc) is 3.95. The first-order valence-corrected chi connectivity index (χ1v) is 20.8. The van der Waals surface area contributed by atoms with E-state index in [-0.39, 0.29) is 49.0 Å². The Hall–Kier alpha value is -6.55. The number of pyridine rings is 1. The molecular weight excluding hydrogens is 940 g/mol. The number of ether oxygens (including phenoxy) is 1. The molecule has 6 aliphatic carbocycles. The van der Waals surface area contributed by atoms with Crippen molar-refractivity contribution in [3.8, 4) is 50.9 Å². The number of benzene rings is 7. The third-order valence-corrected chi connectivity index (χ3v) is 15.1. The topological polar surface area (TPSA) is 35.9 Å². The summed E-state index contributed by atoms with van der Waals surface area (Å²) in [5, 5.41) is 2.12. The van der Waals surface area contributed by atoms with Gasteiger partial charge in [0.15, 0.2) is 0 Å². The Morgan fingerprint density at radius 1 is 0.629 bits per heavy atom. The summed E-state index contributed by atoms with van der Waals surface area (Å²) < 4.78 is 99.2. The zero-order valence-electron chi connectivity index (χ0n) is 42.5. The number of rotatable bonds is 8. The molecule has 0 N–H and O–H groups in total. The molecule has 0 saturated heterocycles. The van der Waals surface area contributed by atoms with Crippen molar-refractivity contribution in [2.24, 2.45) is 41.4 Å². The van der Waals surface area contributed by atoms with E-state index in [9.17, 15) is 0 Å². The Kier molecular flexibility index (Phi) is 5.40. The van der Waals surface area contributed by atoms with Gasteiger partial charge in [-0.15, -0.1) is 29.7 Å². The zero-order chi connectivity index (χ0) is 48.3. The van der Waals surface area contributed by atoms with Crippen molar-refractivity contribution in [3.63, 3.8) is 0 Å². The van der Waals surface area contributed by atoms with E-state index in [1.807, 2.05) is 60.8 Å². The van der Waals surface area contributed by atoms with Gasteiger partial charge < -0.3 is 13.9 Å². The van der Waals surface area contributed by atoms with E-state index in [1.165, 1.54) is 5.56 Å². The van der Waals surface area contributed by atoms with Gasteiger partial charge in [0.25, 0.3) is 6.33 Å². The number of aromatic nitrogens is 4. The molecule has 298 valence electrons. The first kappa shape index (κ1) is 26.7. The molecule has 6 aliphatic rings. The molecule has 62 heavy (non-hydrogen) atoms. The summed E-state index contributed by atoms with van der Waals surface area (Å²) in [6.07, 6.45) is 5.40. The summed E-state index contributed by atoms with van der Waals surface area (Å²) in [5.74, 6) is 8.29. The van der Waals surface area contributed by atoms with Crippen LogP contribution >= 0.6 is 0 Å². The SMILES string of the molecule is [2H]c1c([2H])c([2H])c(-c2cccc(-c3c([2H])c([2H])c([2H])c([2H])c3[2H])c2-[n+]2[c-]n(-c3[c-]c(Oc4[c-]c5c(cc4)c4ccccc4n5-c4cc(C56C7C8C9C7C5C9C86)ccn4)ccc3)c3ccccc32)c([2H])c1[2H].[Pt]. The fraction of sp³-hybridized carbons (Fsp3) is 0.143. The third kappa shape index (κ3) is 4.23. The molecule has 16 rings (SSSR count). The van der Waals surface area contributed by atoms with Crippen LogP contribution in [-0.4, -0.2) is 14.1 Å². The molecular formula is C56H36N4OPt-2. The molecule has 0 atom stereocenters. The van der Waals surface area contributed by atoms with Crippen LogP contribution in [0.1, 0.15) is 19.3 Å². The summed E-state index contributed by atoms with van der Waals surface area (Å²) in [4.78, 5) is 4.97. The third-order valence-electron chi connectivity index (χ3n) is 15.1. The number of fused-ring (bicyclic) bond motifs is 4. The van der Waals surface area contributed by atoms with Crippen LogP contribution in [0.4, 0.5) is 0 Å². The predicted molar refractivity (Wildman–Crippen MR) is 237 cm³/mol. The largest absolute Gasteiger partial charge is 0.510 e. The molecule has 10 aromatic rings. The van der Waals surface area contributed by atoms with Gasteiger partial charge in [-0.25, -0.2) is 4.98 Å². The van der Waals surface area contributed by atoms with E-state index in [2.05, 4.69) is 53.4 Å². The van der Waals surface area contributed by atoms with Crippen LogP contribution in [0, 0.1) is 59.9 Å². The number of imidazole rings is 1. The van der Waals surface area contributed by atoms with Crippen LogP contribution in [0.3, 0.4) is 0 Å². The van der Waals surface area contributed by atoms with Gasteiger partial charge in [-0.3, -0.25) is 4.57 Å². The first-order valence-electron chi connectivity index (χ1n) is 25.8. The van der Waals surface area contributed by atoms with E-state index >= 15 is 0 Å². The Morgan fingerprint density at radius 2 is 1.29 bits per heavy atom. The fourth-order valence-corrected chi connectivity index (χ4v) is 13.1. The minimum absolute atomic E-state index is 0. The van der Waals surface area contributed by atoms with Crippen LogP contribution < -0.4 is 9.30 Å². The Balaban J connectivity index is 0.00000482. The van der Waals surface area contributed by atoms with Gasteiger partial charge in [0.2, 0.25) is 0 Å². The van der Waals surface area contributed by atoms with Crippen LogP contribution in [0.2, 0.25) is 0 Å². The molecule has 7 aromatic carbocycles. The van der Waals surface area contributed by atoms with Crippen molar-refractivity contribution < 1.29 is 44.1 Å². The summed E-state index contributed by atoms with van der Waals surface area (Å²) in [5.41, 5.74) is 5.61. The smallest absolute Gasteiger partial charge is 0.268 e. The normalized spacial score (nSPS) is 27.5. The van der Waals surface area contributed by atoms with Crippen molar-refractivity contribution in [3.05, 3.63) is 200 Å². The molecule has 0 amide bonds. The maximum Gasteiger partial charge on any atom is 0.268 e. The quantitative estimate of drug-likeness (QED) is 0.112. The fourth-order valence-electron chi connectivity index (χ4n) is 13.1. The molecule has 3 heterocycles. The van der Waals surface area contributed by atoms with Gasteiger partial charge in [-0.05, 0) is 98.5 Å². The van der Waals surface area contributed by atoms with E-state index < -0.39 is 60.4 Å². The second-order valence-corrected chi connectivity index (χ2v) is 17.1. The second-order valence-electron chi connectivity index (χ2n) is 17.1. The summed E-state index contributed by atoms with van der Waals surface area (Å²) in [7, 11) is 0. The minimum atomic E-state index is -0.564. The molecule has 5 nitrogen and oxygen atoms in total. The molecule has 6 fully saturated rings. The molecule has 0 radical (unpaired) electrons. The van der Waals surface area contributed by atoms with Crippen LogP contribution in [0.5, 0.6) is 11.5 Å². The molecule has 3 aromatic heterocycles.